The number of rotatable bonds is 6. The van der Waals surface area contributed by atoms with Crippen molar-refractivity contribution in [3.05, 3.63) is 59.5 Å². The van der Waals surface area contributed by atoms with E-state index in [1.807, 2.05) is 37.3 Å². The van der Waals surface area contributed by atoms with E-state index in [0.29, 0.717) is 5.76 Å². The first kappa shape index (κ1) is 18.0. The molecule has 134 valence electrons. The quantitative estimate of drug-likeness (QED) is 0.482. The number of benzene rings is 1. The monoisotopic (exact) mass is 371 g/mol. The number of hydrogen-bond acceptors (Lipinski definition) is 7. The van der Waals surface area contributed by atoms with Gasteiger partial charge in [0, 0.05) is 5.39 Å². The topological polar surface area (TPSA) is 78.6 Å². The standard InChI is InChI=1S/C19H17NO5S/c1-12-9-17(20-15-6-4-3-5-14(12)15)26-11-18(21)24-10-13-7-8-16(25-13)19(22)23-2/h3-9H,10-11H2,1-2H3. The van der Waals surface area contributed by atoms with Gasteiger partial charge in [-0.15, -0.1) is 0 Å². The number of para-hydroxylation sites is 1. The summed E-state index contributed by atoms with van der Waals surface area (Å²) in [6, 6.07) is 12.9. The fourth-order valence-corrected chi connectivity index (χ4v) is 3.16. The second-order valence-corrected chi connectivity index (χ2v) is 6.50. The van der Waals surface area contributed by atoms with E-state index < -0.39 is 11.9 Å². The Kier molecular flexibility index (Phi) is 5.58. The summed E-state index contributed by atoms with van der Waals surface area (Å²) in [6.07, 6.45) is 0. The number of nitrogens with zero attached hydrogens (tertiary/aromatic N) is 1. The number of esters is 2. The lowest BCUT2D eigenvalue weighted by molar-refractivity contribution is -0.142. The summed E-state index contributed by atoms with van der Waals surface area (Å²) >= 11 is 1.32. The minimum atomic E-state index is -0.573. The third-order valence-corrected chi connectivity index (χ3v) is 4.55. The molecule has 6 nitrogen and oxygen atoms in total. The van der Waals surface area contributed by atoms with E-state index in [-0.39, 0.29) is 18.1 Å². The number of aryl methyl sites for hydroxylation is 1. The highest BCUT2D eigenvalue weighted by atomic mass is 32.2. The van der Waals surface area contributed by atoms with Crippen molar-refractivity contribution < 1.29 is 23.5 Å². The van der Waals surface area contributed by atoms with Gasteiger partial charge in [-0.2, -0.15) is 0 Å². The van der Waals surface area contributed by atoms with Crippen LogP contribution in [0.4, 0.5) is 0 Å². The number of fused-ring (bicyclic) bond motifs is 1. The summed E-state index contributed by atoms with van der Waals surface area (Å²) in [5.41, 5.74) is 2.01. The molecule has 0 aliphatic carbocycles. The van der Waals surface area contributed by atoms with E-state index in [1.165, 1.54) is 24.9 Å². The van der Waals surface area contributed by atoms with Gasteiger partial charge in [0.15, 0.2) is 0 Å². The van der Waals surface area contributed by atoms with Gasteiger partial charge >= 0.3 is 11.9 Å². The smallest absolute Gasteiger partial charge is 0.373 e. The predicted molar refractivity (Wildman–Crippen MR) is 97.0 cm³/mol. The van der Waals surface area contributed by atoms with Crippen molar-refractivity contribution in [1.29, 1.82) is 0 Å². The molecule has 0 spiro atoms. The van der Waals surface area contributed by atoms with Gasteiger partial charge in [0.2, 0.25) is 5.76 Å². The Hall–Kier alpha value is -2.80. The molecule has 7 heteroatoms. The highest BCUT2D eigenvalue weighted by Crippen LogP contribution is 2.23. The third kappa shape index (κ3) is 4.23. The molecule has 0 unspecified atom stereocenters. The molecule has 0 bridgehead atoms. The molecule has 0 N–H and O–H groups in total. The van der Waals surface area contributed by atoms with Crippen LogP contribution in [-0.2, 0) is 20.9 Å². The van der Waals surface area contributed by atoms with Crippen molar-refractivity contribution >= 4 is 34.6 Å². The van der Waals surface area contributed by atoms with Crippen LogP contribution in [0.15, 0.2) is 51.9 Å². The summed E-state index contributed by atoms with van der Waals surface area (Å²) < 4.78 is 15.0. The van der Waals surface area contributed by atoms with E-state index in [2.05, 4.69) is 9.72 Å². The zero-order valence-corrected chi connectivity index (χ0v) is 15.2. The van der Waals surface area contributed by atoms with Gasteiger partial charge in [0.1, 0.15) is 12.4 Å². The zero-order valence-electron chi connectivity index (χ0n) is 14.4. The van der Waals surface area contributed by atoms with Crippen molar-refractivity contribution in [2.75, 3.05) is 12.9 Å². The van der Waals surface area contributed by atoms with Crippen molar-refractivity contribution in [3.8, 4) is 0 Å². The summed E-state index contributed by atoms with van der Waals surface area (Å²) in [5.74, 6) is -0.378. The SMILES string of the molecule is COC(=O)c1ccc(COC(=O)CSc2cc(C)c3ccccc3n2)o1. The summed E-state index contributed by atoms with van der Waals surface area (Å²) in [5, 5.41) is 1.86. The third-order valence-electron chi connectivity index (χ3n) is 3.66. The van der Waals surface area contributed by atoms with Crippen LogP contribution in [0.2, 0.25) is 0 Å². The van der Waals surface area contributed by atoms with Crippen LogP contribution in [0, 0.1) is 6.92 Å². The molecular weight excluding hydrogens is 354 g/mol. The Labute approximate surface area is 154 Å². The molecule has 0 saturated heterocycles. The van der Waals surface area contributed by atoms with Crippen LogP contribution in [-0.4, -0.2) is 29.8 Å². The molecule has 2 aromatic heterocycles. The van der Waals surface area contributed by atoms with E-state index in [0.717, 1.165) is 21.5 Å². The Balaban J connectivity index is 1.54. The van der Waals surface area contributed by atoms with Crippen molar-refractivity contribution in [2.45, 2.75) is 18.6 Å². The van der Waals surface area contributed by atoms with Gasteiger partial charge < -0.3 is 13.9 Å². The molecule has 1 aromatic carbocycles. The number of ether oxygens (including phenoxy) is 2. The Morgan fingerprint density at radius 3 is 2.81 bits per heavy atom. The molecule has 0 aliphatic rings. The second kappa shape index (κ2) is 8.05. The van der Waals surface area contributed by atoms with Crippen LogP contribution in [0.25, 0.3) is 10.9 Å². The molecule has 3 rings (SSSR count). The molecule has 0 atom stereocenters. The van der Waals surface area contributed by atoms with Gasteiger partial charge in [-0.1, -0.05) is 30.0 Å². The van der Waals surface area contributed by atoms with Gasteiger partial charge in [-0.3, -0.25) is 4.79 Å². The summed E-state index contributed by atoms with van der Waals surface area (Å²) in [7, 11) is 1.27. The summed E-state index contributed by atoms with van der Waals surface area (Å²) in [6.45, 7) is 1.97. The molecular formula is C19H17NO5S. The maximum atomic E-state index is 11.9. The van der Waals surface area contributed by atoms with Crippen LogP contribution < -0.4 is 0 Å². The fourth-order valence-electron chi connectivity index (χ4n) is 2.38. The molecule has 0 radical (unpaired) electrons. The number of furan rings is 1. The average Bonchev–Trinajstić information content (AvgIpc) is 3.13. The van der Waals surface area contributed by atoms with Crippen LogP contribution in [0.1, 0.15) is 21.9 Å². The maximum absolute atomic E-state index is 11.9. The maximum Gasteiger partial charge on any atom is 0.373 e. The molecule has 26 heavy (non-hydrogen) atoms. The number of carbonyl (C=O) groups excluding carboxylic acids is 2. The molecule has 0 fully saturated rings. The van der Waals surface area contributed by atoms with Crippen LogP contribution >= 0.6 is 11.8 Å². The number of carbonyl (C=O) groups is 2. The lowest BCUT2D eigenvalue weighted by Crippen LogP contribution is -2.07. The number of thioether (sulfide) groups is 1. The highest BCUT2D eigenvalue weighted by molar-refractivity contribution is 7.99. The number of pyridine rings is 1. The average molecular weight is 371 g/mol. The van der Waals surface area contributed by atoms with Gasteiger partial charge in [-0.05, 0) is 36.8 Å². The van der Waals surface area contributed by atoms with Gasteiger partial charge in [-0.25, -0.2) is 9.78 Å². The Morgan fingerprint density at radius 2 is 2.00 bits per heavy atom. The highest BCUT2D eigenvalue weighted by Gasteiger charge is 2.13. The van der Waals surface area contributed by atoms with E-state index in [1.54, 1.807) is 6.07 Å². The van der Waals surface area contributed by atoms with Gasteiger partial charge in [0.25, 0.3) is 0 Å². The zero-order chi connectivity index (χ0) is 18.5. The predicted octanol–water partition coefficient (Wildman–Crippen LogP) is 3.76. The normalized spacial score (nSPS) is 10.7. The lowest BCUT2D eigenvalue weighted by atomic mass is 10.1. The largest absolute Gasteiger partial charge is 0.463 e. The number of methoxy groups -OCH3 is 1. The fraction of sp³-hybridized carbons (Fsp3) is 0.211. The van der Waals surface area contributed by atoms with Crippen LogP contribution in [0.5, 0.6) is 0 Å². The Morgan fingerprint density at radius 1 is 1.19 bits per heavy atom. The molecule has 3 aromatic rings. The first-order chi connectivity index (χ1) is 12.6. The van der Waals surface area contributed by atoms with Crippen LogP contribution in [0.3, 0.4) is 0 Å². The first-order valence-corrected chi connectivity index (χ1v) is 8.87. The molecule has 0 amide bonds. The molecule has 0 aliphatic heterocycles. The minimum Gasteiger partial charge on any atom is -0.463 e. The van der Waals surface area contributed by atoms with E-state index >= 15 is 0 Å². The van der Waals surface area contributed by atoms with E-state index in [4.69, 9.17) is 9.15 Å². The number of hydrogen-bond donors (Lipinski definition) is 0. The van der Waals surface area contributed by atoms with Crippen molar-refractivity contribution in [3.63, 3.8) is 0 Å². The van der Waals surface area contributed by atoms with E-state index in [9.17, 15) is 9.59 Å². The van der Waals surface area contributed by atoms with Crippen molar-refractivity contribution in [1.82, 2.24) is 4.98 Å². The Bertz CT molecular complexity index is 950. The molecule has 2 heterocycles. The van der Waals surface area contributed by atoms with Gasteiger partial charge in [0.05, 0.1) is 23.4 Å². The number of aromatic nitrogens is 1. The second-order valence-electron chi connectivity index (χ2n) is 5.50. The van der Waals surface area contributed by atoms with Crippen molar-refractivity contribution in [2.24, 2.45) is 0 Å². The summed E-state index contributed by atoms with van der Waals surface area (Å²) in [4.78, 5) is 27.8. The minimum absolute atomic E-state index is 0.0411. The lowest BCUT2D eigenvalue weighted by Gasteiger charge is -2.06. The first-order valence-electron chi connectivity index (χ1n) is 7.88. The molecule has 0 saturated carbocycles.